The Labute approximate surface area is 125 Å². The second-order valence-electron chi connectivity index (χ2n) is 4.58. The maximum Gasteiger partial charge on any atom is 0.306 e. The van der Waals surface area contributed by atoms with Crippen LogP contribution in [0.2, 0.25) is 0 Å². The summed E-state index contributed by atoms with van der Waals surface area (Å²) in [4.78, 5) is 11.2. The third kappa shape index (κ3) is 5.44. The molecule has 1 unspecified atom stereocenters. The van der Waals surface area contributed by atoms with Crippen molar-refractivity contribution >= 4 is 12.0 Å². The zero-order chi connectivity index (χ0) is 14.9. The van der Waals surface area contributed by atoms with Gasteiger partial charge in [0.25, 0.3) is 0 Å². The summed E-state index contributed by atoms with van der Waals surface area (Å²) in [6.45, 7) is 2.65. The largest absolute Gasteiger partial charge is 0.466 e. The average molecular weight is 288 g/mol. The van der Waals surface area contributed by atoms with Crippen LogP contribution in [0, 0.1) is 0 Å². The average Bonchev–Trinajstić information content (AvgIpc) is 2.94. The van der Waals surface area contributed by atoms with E-state index in [0.717, 1.165) is 11.3 Å². The predicted octanol–water partition coefficient (Wildman–Crippen LogP) is 3.30. The lowest BCUT2D eigenvalue weighted by atomic mass is 10.2. The minimum atomic E-state index is -0.362. The van der Waals surface area contributed by atoms with Gasteiger partial charge in [-0.15, -0.1) is 0 Å². The van der Waals surface area contributed by atoms with Crippen LogP contribution < -0.4 is 0 Å². The summed E-state index contributed by atoms with van der Waals surface area (Å²) >= 11 is 0. The van der Waals surface area contributed by atoms with E-state index in [4.69, 9.17) is 14.2 Å². The van der Waals surface area contributed by atoms with E-state index in [1.807, 2.05) is 48.6 Å². The molecule has 0 saturated carbocycles. The van der Waals surface area contributed by atoms with Crippen molar-refractivity contribution in [3.8, 4) is 0 Å². The molecule has 1 aromatic carbocycles. The molecule has 1 saturated heterocycles. The molecule has 0 bridgehead atoms. The molecule has 1 aliphatic heterocycles. The van der Waals surface area contributed by atoms with Crippen molar-refractivity contribution in [2.24, 2.45) is 0 Å². The highest BCUT2D eigenvalue weighted by atomic mass is 16.7. The van der Waals surface area contributed by atoms with E-state index in [1.54, 1.807) is 6.92 Å². The lowest BCUT2D eigenvalue weighted by Gasteiger charge is -2.03. The minimum absolute atomic E-state index is 0.186. The van der Waals surface area contributed by atoms with E-state index in [2.05, 4.69) is 0 Å². The van der Waals surface area contributed by atoms with Gasteiger partial charge in [0, 0.05) is 6.42 Å². The Bertz CT molecular complexity index is 505. The normalized spacial score (nSPS) is 19.9. The van der Waals surface area contributed by atoms with Gasteiger partial charge in [-0.05, 0) is 31.1 Å². The zero-order valence-electron chi connectivity index (χ0n) is 12.2. The molecule has 4 nitrogen and oxygen atoms in total. The van der Waals surface area contributed by atoms with Crippen molar-refractivity contribution in [1.82, 2.24) is 0 Å². The fraction of sp³-hybridized carbons (Fsp3) is 0.353. The minimum Gasteiger partial charge on any atom is -0.466 e. The molecule has 0 aliphatic carbocycles. The summed E-state index contributed by atoms with van der Waals surface area (Å²) < 4.78 is 16.0. The molecule has 1 aliphatic rings. The number of carbonyl (C=O) groups excluding carboxylic acids is 1. The van der Waals surface area contributed by atoms with Gasteiger partial charge in [0.15, 0.2) is 0 Å². The predicted molar refractivity (Wildman–Crippen MR) is 80.3 cm³/mol. The number of hydrogen-bond acceptors (Lipinski definition) is 4. The molecule has 0 aromatic heterocycles. The molecule has 0 radical (unpaired) electrons. The van der Waals surface area contributed by atoms with E-state index in [9.17, 15) is 4.79 Å². The second-order valence-corrected chi connectivity index (χ2v) is 4.58. The molecule has 1 aromatic rings. The standard InChI is InChI=1S/C17H20O4/c1-2-19-16(18)10-6-9-15-13-20-17(21-15)12-11-14-7-4-3-5-8-14/h3-5,7-9,11-12,17H,2,6,10,13H2,1H3/b12-11+,15-9-. The summed E-state index contributed by atoms with van der Waals surface area (Å²) in [5.41, 5.74) is 1.10. The van der Waals surface area contributed by atoms with Gasteiger partial charge in [-0.1, -0.05) is 36.4 Å². The van der Waals surface area contributed by atoms with Gasteiger partial charge in [0.05, 0.1) is 6.61 Å². The topological polar surface area (TPSA) is 44.8 Å². The number of hydrogen-bond donors (Lipinski definition) is 0. The molecule has 1 atom stereocenters. The monoisotopic (exact) mass is 288 g/mol. The van der Waals surface area contributed by atoms with E-state index in [0.29, 0.717) is 26.1 Å². The molecular formula is C17H20O4. The van der Waals surface area contributed by atoms with Gasteiger partial charge in [-0.3, -0.25) is 4.79 Å². The molecule has 1 fully saturated rings. The molecule has 0 spiro atoms. The number of carbonyl (C=O) groups is 1. The van der Waals surface area contributed by atoms with E-state index >= 15 is 0 Å². The zero-order valence-corrected chi connectivity index (χ0v) is 12.2. The Kier molecular flexibility index (Phi) is 6.03. The van der Waals surface area contributed by atoms with Gasteiger partial charge < -0.3 is 14.2 Å². The number of rotatable bonds is 6. The molecule has 112 valence electrons. The Balaban J connectivity index is 1.75. The van der Waals surface area contributed by atoms with E-state index < -0.39 is 0 Å². The lowest BCUT2D eigenvalue weighted by Crippen LogP contribution is -2.03. The fourth-order valence-electron chi connectivity index (χ4n) is 1.92. The SMILES string of the molecule is CCOC(=O)CC/C=C1/COC(/C=C/c2ccccc2)O1. The van der Waals surface area contributed by atoms with Gasteiger partial charge >= 0.3 is 5.97 Å². The number of benzene rings is 1. The first kappa shape index (κ1) is 15.3. The Morgan fingerprint density at radius 3 is 2.95 bits per heavy atom. The first-order valence-corrected chi connectivity index (χ1v) is 7.14. The summed E-state index contributed by atoms with van der Waals surface area (Å²) in [6, 6.07) is 9.97. The lowest BCUT2D eigenvalue weighted by molar-refractivity contribution is -0.143. The van der Waals surface area contributed by atoms with Crippen molar-refractivity contribution in [1.29, 1.82) is 0 Å². The highest BCUT2D eigenvalue weighted by molar-refractivity contribution is 5.69. The van der Waals surface area contributed by atoms with Crippen molar-refractivity contribution in [3.63, 3.8) is 0 Å². The fourth-order valence-corrected chi connectivity index (χ4v) is 1.92. The highest BCUT2D eigenvalue weighted by Gasteiger charge is 2.17. The number of esters is 1. The Morgan fingerprint density at radius 2 is 2.19 bits per heavy atom. The molecule has 4 heteroatoms. The van der Waals surface area contributed by atoms with E-state index in [1.165, 1.54) is 0 Å². The van der Waals surface area contributed by atoms with E-state index in [-0.39, 0.29) is 12.3 Å². The van der Waals surface area contributed by atoms with Gasteiger partial charge in [-0.2, -0.15) is 0 Å². The van der Waals surface area contributed by atoms with Crippen LogP contribution in [0.25, 0.3) is 6.08 Å². The maximum atomic E-state index is 11.2. The Morgan fingerprint density at radius 1 is 1.38 bits per heavy atom. The molecule has 0 N–H and O–H groups in total. The van der Waals surface area contributed by atoms with Crippen molar-refractivity contribution in [2.45, 2.75) is 26.1 Å². The van der Waals surface area contributed by atoms with Crippen LogP contribution in [0.3, 0.4) is 0 Å². The molecular weight excluding hydrogens is 268 g/mol. The van der Waals surface area contributed by atoms with Crippen molar-refractivity contribution in [2.75, 3.05) is 13.2 Å². The van der Waals surface area contributed by atoms with Crippen LogP contribution in [0.5, 0.6) is 0 Å². The smallest absolute Gasteiger partial charge is 0.306 e. The van der Waals surface area contributed by atoms with Gasteiger partial charge in [-0.25, -0.2) is 0 Å². The van der Waals surface area contributed by atoms with Crippen LogP contribution >= 0.6 is 0 Å². The van der Waals surface area contributed by atoms with Gasteiger partial charge in [0.1, 0.15) is 12.4 Å². The molecule has 1 heterocycles. The van der Waals surface area contributed by atoms with Crippen LogP contribution in [-0.4, -0.2) is 25.5 Å². The summed E-state index contributed by atoms with van der Waals surface area (Å²) in [7, 11) is 0. The summed E-state index contributed by atoms with van der Waals surface area (Å²) in [5, 5.41) is 0. The number of allylic oxidation sites excluding steroid dienone is 1. The van der Waals surface area contributed by atoms with Gasteiger partial charge in [0.2, 0.25) is 6.29 Å². The third-order valence-electron chi connectivity index (χ3n) is 2.93. The molecule has 21 heavy (non-hydrogen) atoms. The second kappa shape index (κ2) is 8.27. The van der Waals surface area contributed by atoms with Crippen LogP contribution in [-0.2, 0) is 19.0 Å². The summed E-state index contributed by atoms with van der Waals surface area (Å²) in [5.74, 6) is 0.579. The highest BCUT2D eigenvalue weighted by Crippen LogP contribution is 2.18. The first-order valence-electron chi connectivity index (χ1n) is 7.14. The van der Waals surface area contributed by atoms with Crippen LogP contribution in [0.1, 0.15) is 25.3 Å². The quantitative estimate of drug-likeness (QED) is 0.753. The maximum absolute atomic E-state index is 11.2. The third-order valence-corrected chi connectivity index (χ3v) is 2.93. The Hall–Kier alpha value is -2.07. The van der Waals surface area contributed by atoms with Crippen molar-refractivity contribution in [3.05, 3.63) is 53.8 Å². The molecule has 2 rings (SSSR count). The van der Waals surface area contributed by atoms with Crippen LogP contribution in [0.4, 0.5) is 0 Å². The first-order chi connectivity index (χ1) is 10.3. The summed E-state index contributed by atoms with van der Waals surface area (Å²) in [6.07, 6.45) is 6.33. The van der Waals surface area contributed by atoms with Crippen LogP contribution in [0.15, 0.2) is 48.2 Å². The number of ether oxygens (including phenoxy) is 3. The van der Waals surface area contributed by atoms with Crippen molar-refractivity contribution < 1.29 is 19.0 Å². The molecule has 0 amide bonds.